The molecule has 0 amide bonds. The molecule has 3 rings (SSSR count). The highest BCUT2D eigenvalue weighted by molar-refractivity contribution is 5.43. The Morgan fingerprint density at radius 3 is 2.74 bits per heavy atom. The summed E-state index contributed by atoms with van der Waals surface area (Å²) in [6, 6.07) is 18.2. The maximum atomic E-state index is 3.51. The molecule has 0 fully saturated rings. The van der Waals surface area contributed by atoms with Crippen LogP contribution in [0.5, 0.6) is 0 Å². The van der Waals surface area contributed by atoms with Gasteiger partial charge in [0.15, 0.2) is 0 Å². The van der Waals surface area contributed by atoms with Crippen LogP contribution in [0.1, 0.15) is 41.1 Å². The second kappa shape index (κ2) is 5.18. The lowest BCUT2D eigenvalue weighted by Crippen LogP contribution is -2.31. The summed E-state index contributed by atoms with van der Waals surface area (Å²) in [5.41, 5.74) is 5.87. The van der Waals surface area contributed by atoms with Crippen molar-refractivity contribution in [3.05, 3.63) is 70.8 Å². The fourth-order valence-electron chi connectivity index (χ4n) is 3.20. The van der Waals surface area contributed by atoms with E-state index in [1.165, 1.54) is 28.7 Å². The van der Waals surface area contributed by atoms with Crippen molar-refractivity contribution in [3.8, 4) is 0 Å². The van der Waals surface area contributed by atoms with Gasteiger partial charge in [-0.2, -0.15) is 0 Å². The van der Waals surface area contributed by atoms with E-state index in [1.807, 2.05) is 0 Å². The van der Waals surface area contributed by atoms with E-state index in [1.54, 1.807) is 0 Å². The quantitative estimate of drug-likeness (QED) is 0.870. The topological polar surface area (TPSA) is 12.0 Å². The maximum absolute atomic E-state index is 3.51. The molecule has 1 heteroatoms. The minimum Gasteiger partial charge on any atom is -0.312 e. The Labute approximate surface area is 115 Å². The first kappa shape index (κ1) is 12.4. The Bertz CT molecular complexity index is 573. The fraction of sp³-hybridized carbons (Fsp3) is 0.333. The van der Waals surface area contributed by atoms with Gasteiger partial charge in [0.25, 0.3) is 0 Å². The third kappa shape index (κ3) is 2.19. The van der Waals surface area contributed by atoms with E-state index in [4.69, 9.17) is 0 Å². The van der Waals surface area contributed by atoms with E-state index in [0.717, 1.165) is 6.42 Å². The lowest BCUT2D eigenvalue weighted by Gasteiger charge is -2.37. The van der Waals surface area contributed by atoms with Crippen LogP contribution in [0.15, 0.2) is 48.5 Å². The van der Waals surface area contributed by atoms with E-state index in [2.05, 4.69) is 67.8 Å². The van der Waals surface area contributed by atoms with Crippen LogP contribution in [-0.2, 0) is 12.8 Å². The van der Waals surface area contributed by atoms with Crippen molar-refractivity contribution >= 4 is 0 Å². The van der Waals surface area contributed by atoms with Crippen LogP contribution in [0.3, 0.4) is 0 Å². The molecule has 0 radical (unpaired) electrons. The zero-order chi connectivity index (χ0) is 13.2. The van der Waals surface area contributed by atoms with Gasteiger partial charge in [-0.1, -0.05) is 55.5 Å². The van der Waals surface area contributed by atoms with Crippen molar-refractivity contribution in [2.24, 2.45) is 0 Å². The van der Waals surface area contributed by atoms with Gasteiger partial charge in [-0.05, 0) is 42.1 Å². The summed E-state index contributed by atoms with van der Waals surface area (Å²) in [6.45, 7) is 2.21. The molecule has 0 spiro atoms. The van der Waals surface area contributed by atoms with Gasteiger partial charge in [-0.15, -0.1) is 0 Å². The van der Waals surface area contributed by atoms with Crippen LogP contribution in [0.2, 0.25) is 0 Å². The largest absolute Gasteiger partial charge is 0.312 e. The summed E-state index contributed by atoms with van der Waals surface area (Å²) < 4.78 is 0. The molecule has 1 N–H and O–H groups in total. The van der Waals surface area contributed by atoms with E-state index in [-0.39, 0.29) is 0 Å². The number of likely N-dealkylation sites (N-methyl/N-ethyl adjacent to an activating group) is 1. The number of aryl methyl sites for hydroxylation is 1. The molecule has 0 bridgehead atoms. The second-order valence-corrected chi connectivity index (χ2v) is 5.37. The smallest absolute Gasteiger partial charge is 0.0390 e. The Hall–Kier alpha value is -1.60. The molecular weight excluding hydrogens is 230 g/mol. The van der Waals surface area contributed by atoms with Crippen molar-refractivity contribution in [3.63, 3.8) is 0 Å². The van der Waals surface area contributed by atoms with Crippen molar-refractivity contribution in [2.75, 3.05) is 7.05 Å². The molecule has 2 aromatic rings. The second-order valence-electron chi connectivity index (χ2n) is 5.37. The van der Waals surface area contributed by atoms with Gasteiger partial charge in [0.2, 0.25) is 0 Å². The highest BCUT2D eigenvalue weighted by Crippen LogP contribution is 2.43. The van der Waals surface area contributed by atoms with E-state index >= 15 is 0 Å². The SMILES string of the molecule is CCc1cccc(C(NC)C2Cc3ccccc32)c1. The standard InChI is InChI=1S/C18H21N/c1-3-13-7-6-9-15(11-13)18(19-2)17-12-14-8-4-5-10-16(14)17/h4-11,17-19H,3,12H2,1-2H3. The molecule has 0 saturated heterocycles. The number of hydrogen-bond acceptors (Lipinski definition) is 1. The minimum atomic E-state index is 0.432. The predicted octanol–water partition coefficient (Wildman–Crippen LogP) is 3.85. The number of hydrogen-bond donors (Lipinski definition) is 1. The molecule has 2 unspecified atom stereocenters. The summed E-state index contributed by atoms with van der Waals surface area (Å²) >= 11 is 0. The number of nitrogens with one attached hydrogen (secondary N) is 1. The van der Waals surface area contributed by atoms with Gasteiger partial charge in [0, 0.05) is 12.0 Å². The monoisotopic (exact) mass is 251 g/mol. The van der Waals surface area contributed by atoms with Crippen LogP contribution in [0.4, 0.5) is 0 Å². The molecule has 0 aromatic heterocycles. The van der Waals surface area contributed by atoms with Crippen LogP contribution in [-0.4, -0.2) is 7.05 Å². The Kier molecular flexibility index (Phi) is 3.39. The van der Waals surface area contributed by atoms with Gasteiger partial charge >= 0.3 is 0 Å². The Morgan fingerprint density at radius 2 is 2.00 bits per heavy atom. The van der Waals surface area contributed by atoms with Crippen LogP contribution < -0.4 is 5.32 Å². The zero-order valence-electron chi connectivity index (χ0n) is 11.7. The molecule has 0 aliphatic heterocycles. The molecular formula is C18H21N. The minimum absolute atomic E-state index is 0.432. The average molecular weight is 251 g/mol. The summed E-state index contributed by atoms with van der Waals surface area (Å²) in [5.74, 6) is 0.619. The molecule has 0 saturated carbocycles. The third-order valence-electron chi connectivity index (χ3n) is 4.33. The summed E-state index contributed by atoms with van der Waals surface area (Å²) in [4.78, 5) is 0. The van der Waals surface area contributed by atoms with Crippen molar-refractivity contribution < 1.29 is 0 Å². The molecule has 19 heavy (non-hydrogen) atoms. The Morgan fingerprint density at radius 1 is 1.16 bits per heavy atom. The van der Waals surface area contributed by atoms with Gasteiger partial charge in [0.05, 0.1) is 0 Å². The molecule has 0 heterocycles. The molecule has 2 aromatic carbocycles. The summed E-state index contributed by atoms with van der Waals surface area (Å²) in [7, 11) is 2.07. The first-order chi connectivity index (χ1) is 9.33. The normalized spacial score (nSPS) is 18.5. The Balaban J connectivity index is 1.90. The zero-order valence-corrected chi connectivity index (χ0v) is 11.7. The van der Waals surface area contributed by atoms with E-state index < -0.39 is 0 Å². The first-order valence-electron chi connectivity index (χ1n) is 7.17. The van der Waals surface area contributed by atoms with Crippen molar-refractivity contribution in [1.29, 1.82) is 0 Å². The lowest BCUT2D eigenvalue weighted by atomic mass is 9.71. The van der Waals surface area contributed by atoms with E-state index in [0.29, 0.717) is 12.0 Å². The molecule has 98 valence electrons. The van der Waals surface area contributed by atoms with Gasteiger partial charge in [0.1, 0.15) is 0 Å². The lowest BCUT2D eigenvalue weighted by molar-refractivity contribution is 0.438. The fourth-order valence-corrected chi connectivity index (χ4v) is 3.20. The highest BCUT2D eigenvalue weighted by atomic mass is 14.9. The third-order valence-corrected chi connectivity index (χ3v) is 4.33. The van der Waals surface area contributed by atoms with Gasteiger partial charge in [-0.3, -0.25) is 0 Å². The first-order valence-corrected chi connectivity index (χ1v) is 7.17. The average Bonchev–Trinajstić information content (AvgIpc) is 2.45. The summed E-state index contributed by atoms with van der Waals surface area (Å²) in [5, 5.41) is 3.51. The summed E-state index contributed by atoms with van der Waals surface area (Å²) in [6.07, 6.45) is 2.30. The van der Waals surface area contributed by atoms with Gasteiger partial charge < -0.3 is 5.32 Å². The number of benzene rings is 2. The van der Waals surface area contributed by atoms with Crippen LogP contribution in [0, 0.1) is 0 Å². The van der Waals surface area contributed by atoms with Crippen LogP contribution >= 0.6 is 0 Å². The van der Waals surface area contributed by atoms with Crippen molar-refractivity contribution in [2.45, 2.75) is 31.7 Å². The number of fused-ring (bicyclic) bond motifs is 1. The van der Waals surface area contributed by atoms with Crippen LogP contribution in [0.25, 0.3) is 0 Å². The molecule has 2 atom stereocenters. The predicted molar refractivity (Wildman–Crippen MR) is 80.5 cm³/mol. The van der Waals surface area contributed by atoms with E-state index in [9.17, 15) is 0 Å². The molecule has 1 aliphatic carbocycles. The van der Waals surface area contributed by atoms with Crippen molar-refractivity contribution in [1.82, 2.24) is 5.32 Å². The van der Waals surface area contributed by atoms with Gasteiger partial charge in [-0.25, -0.2) is 0 Å². The maximum Gasteiger partial charge on any atom is 0.0390 e. The molecule has 1 aliphatic rings. The molecule has 1 nitrogen and oxygen atoms in total. The number of rotatable bonds is 4. The highest BCUT2D eigenvalue weighted by Gasteiger charge is 2.32.